The molecule has 8 nitrogen and oxygen atoms in total. The maximum atomic E-state index is 13.2. The van der Waals surface area contributed by atoms with Crippen LogP contribution in [0.3, 0.4) is 0 Å². The molecule has 2 heterocycles. The Morgan fingerprint density at radius 3 is 2.56 bits per heavy atom. The fraction of sp³-hybridized carbons (Fsp3) is 0.217. The van der Waals surface area contributed by atoms with Crippen LogP contribution < -0.4 is 14.8 Å². The van der Waals surface area contributed by atoms with E-state index in [4.69, 9.17) is 9.47 Å². The van der Waals surface area contributed by atoms with Gasteiger partial charge in [0.2, 0.25) is 11.8 Å². The maximum Gasteiger partial charge on any atom is 0.231 e. The average Bonchev–Trinajstić information content (AvgIpc) is 3.24. The van der Waals surface area contributed by atoms with Crippen LogP contribution in [0, 0.1) is 5.82 Å². The van der Waals surface area contributed by atoms with Gasteiger partial charge in [-0.05, 0) is 54.4 Å². The Balaban J connectivity index is 1.27. The lowest BCUT2D eigenvalue weighted by molar-refractivity contribution is -0.121. The summed E-state index contributed by atoms with van der Waals surface area (Å²) in [5.41, 5.74) is 2.30. The molecule has 0 aliphatic heterocycles. The first-order chi connectivity index (χ1) is 15.6. The van der Waals surface area contributed by atoms with Gasteiger partial charge in [0.1, 0.15) is 18.2 Å². The highest BCUT2D eigenvalue weighted by Crippen LogP contribution is 2.19. The molecule has 9 heteroatoms. The lowest BCUT2D eigenvalue weighted by Gasteiger charge is -2.08. The lowest BCUT2D eigenvalue weighted by atomic mass is 10.1. The van der Waals surface area contributed by atoms with Crippen LogP contribution in [0.2, 0.25) is 0 Å². The predicted octanol–water partition coefficient (Wildman–Crippen LogP) is 3.07. The molecule has 1 N–H and O–H groups in total. The first kappa shape index (κ1) is 21.2. The number of nitrogens with zero attached hydrogens (tertiary/aromatic N) is 4. The Kier molecular flexibility index (Phi) is 6.54. The van der Waals surface area contributed by atoms with Crippen LogP contribution in [0.4, 0.5) is 4.39 Å². The van der Waals surface area contributed by atoms with Crippen molar-refractivity contribution < 1.29 is 18.7 Å². The van der Waals surface area contributed by atoms with Crippen LogP contribution in [0.25, 0.3) is 17.0 Å². The van der Waals surface area contributed by atoms with Gasteiger partial charge >= 0.3 is 0 Å². The summed E-state index contributed by atoms with van der Waals surface area (Å²) >= 11 is 0. The molecule has 0 aliphatic carbocycles. The minimum Gasteiger partial charge on any atom is -0.497 e. The molecule has 0 unspecified atom stereocenters. The van der Waals surface area contributed by atoms with Crippen LogP contribution in [-0.4, -0.2) is 46.0 Å². The van der Waals surface area contributed by atoms with E-state index < -0.39 is 0 Å². The van der Waals surface area contributed by atoms with Gasteiger partial charge in [-0.25, -0.2) is 4.39 Å². The molecule has 0 atom stereocenters. The van der Waals surface area contributed by atoms with Crippen LogP contribution in [0.5, 0.6) is 11.6 Å². The van der Waals surface area contributed by atoms with Crippen molar-refractivity contribution in [3.05, 3.63) is 72.0 Å². The summed E-state index contributed by atoms with van der Waals surface area (Å²) in [6, 6.07) is 17.0. The molecule has 2 aromatic carbocycles. The van der Waals surface area contributed by atoms with E-state index in [0.717, 1.165) is 11.3 Å². The summed E-state index contributed by atoms with van der Waals surface area (Å²) < 4.78 is 25.5. The normalized spacial score (nSPS) is 10.8. The van der Waals surface area contributed by atoms with Gasteiger partial charge in [-0.3, -0.25) is 4.79 Å². The van der Waals surface area contributed by atoms with Crippen LogP contribution in [-0.2, 0) is 11.2 Å². The standard InChI is InChI=1S/C23H22FN5O3/c1-31-19-9-2-16(3-10-19)4-12-21(30)25-14-15-32-22-13-11-20-26-27-23(29(20)28-22)17-5-7-18(24)8-6-17/h2-3,5-11,13H,4,12,14-15H2,1H3,(H,25,30). The Labute approximate surface area is 184 Å². The third kappa shape index (κ3) is 5.18. The van der Waals surface area contributed by atoms with E-state index in [2.05, 4.69) is 20.6 Å². The van der Waals surface area contributed by atoms with E-state index >= 15 is 0 Å². The van der Waals surface area contributed by atoms with E-state index in [9.17, 15) is 9.18 Å². The number of carbonyl (C=O) groups is 1. The van der Waals surface area contributed by atoms with Gasteiger partial charge < -0.3 is 14.8 Å². The highest BCUT2D eigenvalue weighted by molar-refractivity contribution is 5.76. The third-order valence-electron chi connectivity index (χ3n) is 4.81. The molecule has 4 rings (SSSR count). The minimum atomic E-state index is -0.328. The zero-order valence-corrected chi connectivity index (χ0v) is 17.5. The topological polar surface area (TPSA) is 90.6 Å². The number of aryl methyl sites for hydroxylation is 1. The summed E-state index contributed by atoms with van der Waals surface area (Å²) in [7, 11) is 1.62. The number of halogens is 1. The van der Waals surface area contributed by atoms with E-state index in [1.54, 1.807) is 31.4 Å². The molecule has 2 aromatic heterocycles. The number of aromatic nitrogens is 4. The summed E-state index contributed by atoms with van der Waals surface area (Å²) in [5.74, 6) is 1.26. The van der Waals surface area contributed by atoms with Gasteiger partial charge in [-0.1, -0.05) is 12.1 Å². The maximum absolute atomic E-state index is 13.2. The van der Waals surface area contributed by atoms with Gasteiger partial charge in [-0.15, -0.1) is 15.3 Å². The van der Waals surface area contributed by atoms with Gasteiger partial charge in [0.25, 0.3) is 0 Å². The Morgan fingerprint density at radius 2 is 1.81 bits per heavy atom. The molecule has 0 aliphatic rings. The number of fused-ring (bicyclic) bond motifs is 1. The largest absolute Gasteiger partial charge is 0.497 e. The molecule has 0 bridgehead atoms. The molecule has 0 saturated heterocycles. The number of nitrogens with one attached hydrogen (secondary N) is 1. The Bertz CT molecular complexity index is 1190. The second-order valence-electron chi connectivity index (χ2n) is 7.02. The second-order valence-corrected chi connectivity index (χ2v) is 7.02. The van der Waals surface area contributed by atoms with Crippen LogP contribution in [0.15, 0.2) is 60.7 Å². The quantitative estimate of drug-likeness (QED) is 0.407. The molecule has 1 amide bonds. The van der Waals surface area contributed by atoms with Crippen LogP contribution in [0.1, 0.15) is 12.0 Å². The van der Waals surface area contributed by atoms with Gasteiger partial charge in [-0.2, -0.15) is 4.52 Å². The fourth-order valence-corrected chi connectivity index (χ4v) is 3.11. The number of carbonyl (C=O) groups excluding carboxylic acids is 1. The second kappa shape index (κ2) is 9.86. The Morgan fingerprint density at radius 1 is 1.03 bits per heavy atom. The van der Waals surface area contributed by atoms with E-state index in [1.165, 1.54) is 16.6 Å². The molecule has 0 radical (unpaired) electrons. The van der Waals surface area contributed by atoms with Crippen molar-refractivity contribution >= 4 is 11.6 Å². The molecule has 0 fully saturated rings. The highest BCUT2D eigenvalue weighted by Gasteiger charge is 2.11. The average molecular weight is 435 g/mol. The van der Waals surface area contributed by atoms with E-state index in [0.29, 0.717) is 42.3 Å². The molecule has 0 spiro atoms. The smallest absolute Gasteiger partial charge is 0.231 e. The van der Waals surface area contributed by atoms with Crippen molar-refractivity contribution in [1.82, 2.24) is 25.1 Å². The van der Waals surface area contributed by atoms with E-state index in [1.807, 2.05) is 24.3 Å². The SMILES string of the molecule is COc1ccc(CCC(=O)NCCOc2ccc3nnc(-c4ccc(F)cc4)n3n2)cc1. The number of ether oxygens (including phenoxy) is 2. The summed E-state index contributed by atoms with van der Waals surface area (Å²) in [6.07, 6.45) is 1.03. The number of rotatable bonds is 9. The van der Waals surface area contributed by atoms with Crippen molar-refractivity contribution in [1.29, 1.82) is 0 Å². The number of hydrogen-bond acceptors (Lipinski definition) is 6. The number of hydrogen-bond donors (Lipinski definition) is 1. The lowest BCUT2D eigenvalue weighted by Crippen LogP contribution is -2.28. The molecule has 4 aromatic rings. The molecule has 32 heavy (non-hydrogen) atoms. The first-order valence-electron chi connectivity index (χ1n) is 10.1. The van der Waals surface area contributed by atoms with Crippen LogP contribution >= 0.6 is 0 Å². The molecule has 164 valence electrons. The number of methoxy groups -OCH3 is 1. The third-order valence-corrected chi connectivity index (χ3v) is 4.81. The van der Waals surface area contributed by atoms with Gasteiger partial charge in [0.05, 0.1) is 13.7 Å². The monoisotopic (exact) mass is 435 g/mol. The zero-order valence-electron chi connectivity index (χ0n) is 17.5. The summed E-state index contributed by atoms with van der Waals surface area (Å²) in [6.45, 7) is 0.620. The van der Waals surface area contributed by atoms with Crippen molar-refractivity contribution in [3.8, 4) is 23.0 Å². The molecular weight excluding hydrogens is 413 g/mol. The predicted molar refractivity (Wildman–Crippen MR) is 116 cm³/mol. The Hall–Kier alpha value is -4.01. The number of amides is 1. The minimum absolute atomic E-state index is 0.0507. The molecule has 0 saturated carbocycles. The summed E-state index contributed by atoms with van der Waals surface area (Å²) in [5, 5.41) is 15.4. The van der Waals surface area contributed by atoms with Crippen molar-refractivity contribution in [3.63, 3.8) is 0 Å². The van der Waals surface area contributed by atoms with Crippen molar-refractivity contribution in [2.24, 2.45) is 0 Å². The molecular formula is C23H22FN5O3. The first-order valence-corrected chi connectivity index (χ1v) is 10.1. The highest BCUT2D eigenvalue weighted by atomic mass is 19.1. The van der Waals surface area contributed by atoms with Gasteiger partial charge in [0, 0.05) is 18.1 Å². The van der Waals surface area contributed by atoms with Crippen molar-refractivity contribution in [2.45, 2.75) is 12.8 Å². The number of benzene rings is 2. The van der Waals surface area contributed by atoms with Gasteiger partial charge in [0.15, 0.2) is 11.5 Å². The van der Waals surface area contributed by atoms with E-state index in [-0.39, 0.29) is 18.3 Å². The summed E-state index contributed by atoms with van der Waals surface area (Å²) in [4.78, 5) is 12.1. The fourth-order valence-electron chi connectivity index (χ4n) is 3.11. The zero-order chi connectivity index (χ0) is 22.3. The van der Waals surface area contributed by atoms with Crippen molar-refractivity contribution in [2.75, 3.05) is 20.3 Å².